The van der Waals surface area contributed by atoms with Crippen molar-refractivity contribution in [2.75, 3.05) is 14.2 Å². The summed E-state index contributed by atoms with van der Waals surface area (Å²) >= 11 is 0. The van der Waals surface area contributed by atoms with E-state index in [2.05, 4.69) is 4.98 Å². The zero-order chi connectivity index (χ0) is 13.1. The first-order chi connectivity index (χ1) is 8.67. The van der Waals surface area contributed by atoms with Crippen LogP contribution in [0, 0.1) is 0 Å². The Morgan fingerprint density at radius 3 is 2.78 bits per heavy atom. The largest absolute Gasteiger partial charge is 0.478 e. The lowest BCUT2D eigenvalue weighted by Crippen LogP contribution is -2.16. The number of aromatic carboxylic acids is 1. The lowest BCUT2D eigenvalue weighted by Gasteiger charge is -2.13. The summed E-state index contributed by atoms with van der Waals surface area (Å²) in [6.07, 6.45) is 1.30. The predicted molar refractivity (Wildman–Crippen MR) is 62.5 cm³/mol. The molecule has 0 fully saturated rings. The van der Waals surface area contributed by atoms with E-state index in [1.165, 1.54) is 12.5 Å². The lowest BCUT2D eigenvalue weighted by atomic mass is 10.1. The molecule has 18 heavy (non-hydrogen) atoms. The zero-order valence-corrected chi connectivity index (χ0v) is 10.0. The molecule has 2 rings (SSSR count). The number of carboxylic acid groups (broad SMARTS) is 1. The molecular weight excluding hydrogens is 238 g/mol. The van der Waals surface area contributed by atoms with Crippen LogP contribution in [0.4, 0.5) is 0 Å². The first kappa shape index (κ1) is 12.5. The number of ether oxygens (including phenoxy) is 2. The van der Waals surface area contributed by atoms with E-state index in [9.17, 15) is 4.79 Å². The van der Waals surface area contributed by atoms with Crippen molar-refractivity contribution in [1.82, 2.24) is 4.98 Å². The van der Waals surface area contributed by atoms with Crippen LogP contribution >= 0.6 is 0 Å². The van der Waals surface area contributed by atoms with E-state index in [4.69, 9.17) is 19.0 Å². The number of carbonyl (C=O) groups is 1. The van der Waals surface area contributed by atoms with Gasteiger partial charge in [0, 0.05) is 20.6 Å². The van der Waals surface area contributed by atoms with Gasteiger partial charge in [-0.3, -0.25) is 0 Å². The van der Waals surface area contributed by atoms with Crippen molar-refractivity contribution in [3.8, 4) is 0 Å². The first-order valence-electron chi connectivity index (χ1n) is 5.31. The average Bonchev–Trinajstić information content (AvgIpc) is 2.84. The smallest absolute Gasteiger partial charge is 0.339 e. The Kier molecular flexibility index (Phi) is 3.59. The Morgan fingerprint density at radius 2 is 2.17 bits per heavy atom. The van der Waals surface area contributed by atoms with E-state index in [1.54, 1.807) is 20.3 Å². The molecule has 0 spiro atoms. The summed E-state index contributed by atoms with van der Waals surface area (Å²) in [5.74, 6) is -1.04. The Balaban J connectivity index is 2.44. The molecule has 0 saturated heterocycles. The number of nitrogens with zero attached hydrogens (tertiary/aromatic N) is 1. The number of hydrogen-bond donors (Lipinski definition) is 1. The van der Waals surface area contributed by atoms with E-state index in [1.807, 2.05) is 0 Å². The number of methoxy groups -OCH3 is 2. The van der Waals surface area contributed by atoms with E-state index in [0.717, 1.165) is 5.56 Å². The van der Waals surface area contributed by atoms with Crippen molar-refractivity contribution in [2.45, 2.75) is 12.7 Å². The molecule has 1 aromatic carbocycles. The Hall–Kier alpha value is -1.92. The van der Waals surface area contributed by atoms with Gasteiger partial charge in [-0.05, 0) is 11.6 Å². The third-order valence-electron chi connectivity index (χ3n) is 2.71. The third-order valence-corrected chi connectivity index (χ3v) is 2.71. The molecule has 0 aliphatic carbocycles. The van der Waals surface area contributed by atoms with Gasteiger partial charge in [0.2, 0.25) is 0 Å². The minimum absolute atomic E-state index is 0.0950. The maximum absolute atomic E-state index is 11.0. The highest BCUT2D eigenvalue weighted by atomic mass is 16.7. The van der Waals surface area contributed by atoms with Gasteiger partial charge in [-0.25, -0.2) is 9.78 Å². The Bertz CT molecular complexity index is 559. The van der Waals surface area contributed by atoms with Crippen LogP contribution < -0.4 is 0 Å². The number of benzene rings is 1. The van der Waals surface area contributed by atoms with Gasteiger partial charge >= 0.3 is 5.97 Å². The molecule has 2 aromatic rings. The fourth-order valence-electron chi connectivity index (χ4n) is 1.78. The number of rotatable bonds is 5. The molecule has 1 aromatic heterocycles. The maximum atomic E-state index is 11.0. The lowest BCUT2D eigenvalue weighted by molar-refractivity contribution is -0.100. The molecule has 1 heterocycles. The molecule has 0 radical (unpaired) electrons. The normalized spacial score (nSPS) is 11.3. The molecule has 0 atom stereocenters. The fourth-order valence-corrected chi connectivity index (χ4v) is 1.78. The van der Waals surface area contributed by atoms with E-state index >= 15 is 0 Å². The second-order valence-corrected chi connectivity index (χ2v) is 3.71. The summed E-state index contributed by atoms with van der Waals surface area (Å²) < 4.78 is 15.3. The molecule has 0 saturated carbocycles. The minimum Gasteiger partial charge on any atom is -0.478 e. The molecule has 96 valence electrons. The van der Waals surface area contributed by atoms with Crippen molar-refractivity contribution in [2.24, 2.45) is 0 Å². The fraction of sp³-hybridized carbons (Fsp3) is 0.333. The molecule has 6 heteroatoms. The van der Waals surface area contributed by atoms with Crippen LogP contribution in [0.3, 0.4) is 0 Å². The van der Waals surface area contributed by atoms with Crippen LogP contribution in [0.2, 0.25) is 0 Å². The predicted octanol–water partition coefficient (Wildman–Crippen LogP) is 1.69. The number of oxazole rings is 1. The summed E-state index contributed by atoms with van der Waals surface area (Å²) in [5, 5.41) is 9.03. The molecule has 0 unspecified atom stereocenters. The van der Waals surface area contributed by atoms with Crippen LogP contribution in [0.1, 0.15) is 15.9 Å². The van der Waals surface area contributed by atoms with Gasteiger partial charge in [0.1, 0.15) is 11.1 Å². The summed E-state index contributed by atoms with van der Waals surface area (Å²) in [6.45, 7) is 0. The van der Waals surface area contributed by atoms with Crippen molar-refractivity contribution in [3.05, 3.63) is 29.7 Å². The van der Waals surface area contributed by atoms with Gasteiger partial charge in [0.25, 0.3) is 0 Å². The highest BCUT2D eigenvalue weighted by molar-refractivity contribution is 6.00. The second-order valence-electron chi connectivity index (χ2n) is 3.71. The number of hydrogen-bond acceptors (Lipinski definition) is 5. The number of fused-ring (bicyclic) bond motifs is 1. The van der Waals surface area contributed by atoms with Gasteiger partial charge in [-0.15, -0.1) is 0 Å². The highest BCUT2D eigenvalue weighted by Gasteiger charge is 2.17. The average molecular weight is 251 g/mol. The molecule has 6 nitrogen and oxygen atoms in total. The van der Waals surface area contributed by atoms with Gasteiger partial charge in [-0.1, -0.05) is 6.07 Å². The van der Waals surface area contributed by atoms with Crippen molar-refractivity contribution >= 4 is 17.1 Å². The summed E-state index contributed by atoms with van der Waals surface area (Å²) in [7, 11) is 3.08. The minimum atomic E-state index is -1.04. The Labute approximate surface area is 103 Å². The van der Waals surface area contributed by atoms with Crippen LogP contribution in [0.5, 0.6) is 0 Å². The van der Waals surface area contributed by atoms with Crippen LogP contribution in [0.15, 0.2) is 22.9 Å². The summed E-state index contributed by atoms with van der Waals surface area (Å²) in [5.41, 5.74) is 1.70. The van der Waals surface area contributed by atoms with Gasteiger partial charge in [-0.2, -0.15) is 0 Å². The maximum Gasteiger partial charge on any atom is 0.339 e. The third kappa shape index (κ3) is 2.20. The zero-order valence-electron chi connectivity index (χ0n) is 10.0. The molecule has 0 amide bonds. The summed E-state index contributed by atoms with van der Waals surface area (Å²) in [4.78, 5) is 15.1. The standard InChI is InChI=1S/C12H13NO5/c1-16-9(17-2)5-7-3-4-8(12(14)15)11-10(7)13-6-18-11/h3-4,6,9H,5H2,1-2H3,(H,14,15). The topological polar surface area (TPSA) is 81.8 Å². The number of aromatic nitrogens is 1. The van der Waals surface area contributed by atoms with E-state index < -0.39 is 12.3 Å². The first-order valence-corrected chi connectivity index (χ1v) is 5.31. The van der Waals surface area contributed by atoms with Gasteiger partial charge in [0.15, 0.2) is 18.3 Å². The number of carboxylic acids is 1. The molecule has 0 aliphatic rings. The van der Waals surface area contributed by atoms with Crippen LogP contribution in [-0.4, -0.2) is 36.6 Å². The van der Waals surface area contributed by atoms with Gasteiger partial charge < -0.3 is 19.0 Å². The molecule has 1 N–H and O–H groups in total. The molecule has 0 bridgehead atoms. The van der Waals surface area contributed by atoms with Crippen molar-refractivity contribution in [1.29, 1.82) is 0 Å². The van der Waals surface area contributed by atoms with Crippen LogP contribution in [-0.2, 0) is 15.9 Å². The monoisotopic (exact) mass is 251 g/mol. The van der Waals surface area contributed by atoms with Gasteiger partial charge in [0.05, 0.1) is 0 Å². The Morgan fingerprint density at radius 1 is 1.44 bits per heavy atom. The van der Waals surface area contributed by atoms with Crippen molar-refractivity contribution in [3.63, 3.8) is 0 Å². The molecular formula is C12H13NO5. The SMILES string of the molecule is COC(Cc1ccc(C(=O)O)c2ocnc12)OC. The van der Waals surface area contributed by atoms with Crippen molar-refractivity contribution < 1.29 is 23.8 Å². The van der Waals surface area contributed by atoms with E-state index in [-0.39, 0.29) is 11.1 Å². The summed E-state index contributed by atoms with van der Waals surface area (Å²) in [6, 6.07) is 3.19. The quantitative estimate of drug-likeness (QED) is 0.814. The highest BCUT2D eigenvalue weighted by Crippen LogP contribution is 2.23. The van der Waals surface area contributed by atoms with Crippen LogP contribution in [0.25, 0.3) is 11.1 Å². The molecule has 0 aliphatic heterocycles. The second kappa shape index (κ2) is 5.16. The van der Waals surface area contributed by atoms with E-state index in [0.29, 0.717) is 11.9 Å².